The fourth-order valence-corrected chi connectivity index (χ4v) is 1.80. The highest BCUT2D eigenvalue weighted by Gasteiger charge is 2.08. The van der Waals surface area contributed by atoms with E-state index >= 15 is 0 Å². The zero-order chi connectivity index (χ0) is 11.5. The van der Waals surface area contributed by atoms with Gasteiger partial charge in [-0.05, 0) is 25.6 Å². The molecule has 0 aliphatic heterocycles. The molecule has 0 amide bonds. The van der Waals surface area contributed by atoms with Gasteiger partial charge in [-0.3, -0.25) is 0 Å². The van der Waals surface area contributed by atoms with Gasteiger partial charge in [0.25, 0.3) is 0 Å². The van der Waals surface area contributed by atoms with E-state index in [2.05, 4.69) is 9.97 Å². The minimum atomic E-state index is 0.564. The van der Waals surface area contributed by atoms with Crippen LogP contribution in [0.25, 0.3) is 10.9 Å². The predicted octanol–water partition coefficient (Wildman–Crippen LogP) is 1.45. The molecule has 0 atom stereocenters. The van der Waals surface area contributed by atoms with E-state index in [1.807, 2.05) is 25.1 Å². The number of nitrogens with two attached hydrogens (primary N) is 1. The van der Waals surface area contributed by atoms with Crippen LogP contribution in [0.15, 0.2) is 18.2 Å². The molecule has 2 aromatic rings. The second-order valence-corrected chi connectivity index (χ2v) is 3.62. The maximum atomic E-state index is 5.51. The van der Waals surface area contributed by atoms with Gasteiger partial charge in [0.15, 0.2) is 0 Å². The maximum Gasteiger partial charge on any atom is 0.130 e. The Bertz CT molecular complexity index is 511. The topological polar surface area (TPSA) is 61.0 Å². The second kappa shape index (κ2) is 4.45. The van der Waals surface area contributed by atoms with Gasteiger partial charge in [-0.2, -0.15) is 0 Å². The first-order valence-corrected chi connectivity index (χ1v) is 5.26. The van der Waals surface area contributed by atoms with Crippen molar-refractivity contribution < 1.29 is 4.74 Å². The average Bonchev–Trinajstić information content (AvgIpc) is 2.28. The monoisotopic (exact) mass is 217 g/mol. The summed E-state index contributed by atoms with van der Waals surface area (Å²) in [6, 6.07) is 5.81. The van der Waals surface area contributed by atoms with Gasteiger partial charge in [-0.15, -0.1) is 0 Å². The highest BCUT2D eigenvalue weighted by molar-refractivity contribution is 5.87. The molecule has 1 heterocycles. The van der Waals surface area contributed by atoms with Gasteiger partial charge >= 0.3 is 0 Å². The van der Waals surface area contributed by atoms with Crippen molar-refractivity contribution in [3.8, 4) is 5.75 Å². The first-order valence-electron chi connectivity index (χ1n) is 5.26. The van der Waals surface area contributed by atoms with Gasteiger partial charge in [-0.1, -0.05) is 6.07 Å². The first-order chi connectivity index (χ1) is 7.76. The summed E-state index contributed by atoms with van der Waals surface area (Å²) >= 11 is 0. The molecule has 0 spiro atoms. The lowest BCUT2D eigenvalue weighted by molar-refractivity contribution is 0.419. The normalized spacial score (nSPS) is 10.7. The third-order valence-corrected chi connectivity index (χ3v) is 2.50. The molecule has 0 fully saturated rings. The van der Waals surface area contributed by atoms with Gasteiger partial charge in [0.1, 0.15) is 11.6 Å². The zero-order valence-corrected chi connectivity index (χ0v) is 9.53. The summed E-state index contributed by atoms with van der Waals surface area (Å²) in [5.41, 5.74) is 7.35. The van der Waals surface area contributed by atoms with E-state index in [-0.39, 0.29) is 0 Å². The Labute approximate surface area is 94.5 Å². The molecule has 0 saturated heterocycles. The van der Waals surface area contributed by atoms with Crippen LogP contribution in [0.5, 0.6) is 5.75 Å². The van der Waals surface area contributed by atoms with Crippen molar-refractivity contribution in [2.45, 2.75) is 13.3 Å². The number of aryl methyl sites for hydroxylation is 1. The number of hydrogen-bond acceptors (Lipinski definition) is 4. The first kappa shape index (κ1) is 10.8. The number of aromatic nitrogens is 2. The Kier molecular flexibility index (Phi) is 3.01. The van der Waals surface area contributed by atoms with Crippen LogP contribution >= 0.6 is 0 Å². The number of benzene rings is 1. The molecule has 0 saturated carbocycles. The zero-order valence-electron chi connectivity index (χ0n) is 9.53. The third kappa shape index (κ3) is 1.84. The van der Waals surface area contributed by atoms with E-state index in [9.17, 15) is 0 Å². The molecule has 4 nitrogen and oxygen atoms in total. The number of rotatable bonds is 3. The van der Waals surface area contributed by atoms with E-state index in [4.69, 9.17) is 10.5 Å². The Morgan fingerprint density at radius 2 is 2.12 bits per heavy atom. The Balaban J connectivity index is 2.65. The third-order valence-electron chi connectivity index (χ3n) is 2.50. The van der Waals surface area contributed by atoms with Crippen molar-refractivity contribution in [1.82, 2.24) is 9.97 Å². The molecule has 16 heavy (non-hydrogen) atoms. The smallest absolute Gasteiger partial charge is 0.130 e. The Morgan fingerprint density at radius 3 is 2.81 bits per heavy atom. The minimum absolute atomic E-state index is 0.564. The highest BCUT2D eigenvalue weighted by atomic mass is 16.5. The number of ether oxygens (including phenoxy) is 1. The van der Waals surface area contributed by atoms with E-state index in [0.717, 1.165) is 28.2 Å². The van der Waals surface area contributed by atoms with Crippen LogP contribution in [0.3, 0.4) is 0 Å². The highest BCUT2D eigenvalue weighted by Crippen LogP contribution is 2.26. The quantitative estimate of drug-likeness (QED) is 0.845. The summed E-state index contributed by atoms with van der Waals surface area (Å²) in [5.74, 6) is 1.61. The molecule has 0 aliphatic carbocycles. The predicted molar refractivity (Wildman–Crippen MR) is 63.6 cm³/mol. The van der Waals surface area contributed by atoms with E-state index in [1.54, 1.807) is 7.11 Å². The van der Waals surface area contributed by atoms with Gasteiger partial charge in [0.2, 0.25) is 0 Å². The molecule has 1 aromatic carbocycles. The lowest BCUT2D eigenvalue weighted by Gasteiger charge is -2.08. The van der Waals surface area contributed by atoms with Crippen LogP contribution in [0.1, 0.15) is 11.5 Å². The molecule has 0 unspecified atom stereocenters. The molecule has 0 bridgehead atoms. The van der Waals surface area contributed by atoms with Crippen molar-refractivity contribution in [2.75, 3.05) is 13.7 Å². The molecule has 0 radical (unpaired) electrons. The van der Waals surface area contributed by atoms with Crippen molar-refractivity contribution in [2.24, 2.45) is 5.73 Å². The van der Waals surface area contributed by atoms with Crippen LogP contribution < -0.4 is 10.5 Å². The summed E-state index contributed by atoms with van der Waals surface area (Å²) < 4.78 is 5.30. The van der Waals surface area contributed by atoms with Gasteiger partial charge in [0.05, 0.1) is 23.7 Å². The molecular formula is C12H15N3O. The summed E-state index contributed by atoms with van der Waals surface area (Å²) in [4.78, 5) is 8.89. The number of fused-ring (bicyclic) bond motifs is 1. The van der Waals surface area contributed by atoms with Gasteiger partial charge in [-0.25, -0.2) is 9.97 Å². The number of nitrogens with zero attached hydrogens (tertiary/aromatic N) is 2. The fraction of sp³-hybridized carbons (Fsp3) is 0.333. The molecule has 4 heteroatoms. The lowest BCUT2D eigenvalue weighted by atomic mass is 10.1. The maximum absolute atomic E-state index is 5.51. The number of hydrogen-bond donors (Lipinski definition) is 1. The van der Waals surface area contributed by atoms with Crippen molar-refractivity contribution in [3.05, 3.63) is 29.7 Å². The van der Waals surface area contributed by atoms with E-state index in [0.29, 0.717) is 13.0 Å². The summed E-state index contributed by atoms with van der Waals surface area (Å²) in [6.45, 7) is 2.53. The second-order valence-electron chi connectivity index (χ2n) is 3.62. The molecule has 1 aromatic heterocycles. The van der Waals surface area contributed by atoms with Gasteiger partial charge < -0.3 is 10.5 Å². The molecule has 2 N–H and O–H groups in total. The molecule has 2 rings (SSSR count). The van der Waals surface area contributed by atoms with Crippen LogP contribution in [0.4, 0.5) is 0 Å². The lowest BCUT2D eigenvalue weighted by Crippen LogP contribution is -2.07. The largest absolute Gasteiger partial charge is 0.496 e. The molecular weight excluding hydrogens is 202 g/mol. The van der Waals surface area contributed by atoms with Gasteiger partial charge in [0, 0.05) is 6.42 Å². The number of methoxy groups -OCH3 is 1. The minimum Gasteiger partial charge on any atom is -0.496 e. The summed E-state index contributed by atoms with van der Waals surface area (Å²) in [6.07, 6.45) is 0.702. The van der Waals surface area contributed by atoms with Crippen molar-refractivity contribution in [1.29, 1.82) is 0 Å². The van der Waals surface area contributed by atoms with Crippen LogP contribution in [-0.4, -0.2) is 23.6 Å². The SMILES string of the molecule is COc1cccc2nc(CCN)nc(C)c12. The summed E-state index contributed by atoms with van der Waals surface area (Å²) in [7, 11) is 1.65. The van der Waals surface area contributed by atoms with Crippen molar-refractivity contribution in [3.63, 3.8) is 0 Å². The standard InChI is InChI=1S/C12H15N3O/c1-8-12-9(4-3-5-10(12)16-2)15-11(14-8)6-7-13/h3-5H,6-7,13H2,1-2H3. The Hall–Kier alpha value is -1.68. The Morgan fingerprint density at radius 1 is 1.31 bits per heavy atom. The van der Waals surface area contributed by atoms with Crippen LogP contribution in [-0.2, 0) is 6.42 Å². The molecule has 0 aliphatic rings. The summed E-state index contributed by atoms with van der Waals surface area (Å²) in [5, 5.41) is 0.978. The van der Waals surface area contributed by atoms with E-state index in [1.165, 1.54) is 0 Å². The van der Waals surface area contributed by atoms with Crippen LogP contribution in [0.2, 0.25) is 0 Å². The van der Waals surface area contributed by atoms with Crippen molar-refractivity contribution >= 4 is 10.9 Å². The van der Waals surface area contributed by atoms with Crippen LogP contribution in [0, 0.1) is 6.92 Å². The van der Waals surface area contributed by atoms with E-state index < -0.39 is 0 Å². The fourth-order valence-electron chi connectivity index (χ4n) is 1.80. The average molecular weight is 217 g/mol. The molecule has 84 valence electrons.